The van der Waals surface area contributed by atoms with Gasteiger partial charge in [0.2, 0.25) is 0 Å². The normalized spacial score (nSPS) is 17.1. The van der Waals surface area contributed by atoms with Crippen molar-refractivity contribution in [2.24, 2.45) is 10.9 Å². The van der Waals surface area contributed by atoms with Gasteiger partial charge in [-0.1, -0.05) is 13.8 Å². The van der Waals surface area contributed by atoms with Crippen molar-refractivity contribution in [3.05, 3.63) is 11.6 Å². The van der Waals surface area contributed by atoms with Crippen LogP contribution in [0.15, 0.2) is 16.6 Å². The second kappa shape index (κ2) is 3.67. The van der Waals surface area contributed by atoms with Crippen molar-refractivity contribution < 1.29 is 0 Å². The van der Waals surface area contributed by atoms with E-state index < -0.39 is 0 Å². The van der Waals surface area contributed by atoms with Crippen LogP contribution in [0.2, 0.25) is 0 Å². The summed E-state index contributed by atoms with van der Waals surface area (Å²) in [5.41, 5.74) is 2.64. The third-order valence-corrected chi connectivity index (χ3v) is 1.81. The molecular formula is C9H16N2. The molecule has 0 aliphatic carbocycles. The van der Waals surface area contributed by atoms with E-state index in [9.17, 15) is 0 Å². The largest absolute Gasteiger partial charge is 0.316 e. The Morgan fingerprint density at radius 1 is 1.64 bits per heavy atom. The number of likely N-dealkylation sites (N-methyl/N-ethyl adjacent to an activating group) is 1. The van der Waals surface area contributed by atoms with Gasteiger partial charge in [-0.3, -0.25) is 4.99 Å². The van der Waals surface area contributed by atoms with Gasteiger partial charge in [-0.05, 0) is 24.6 Å². The van der Waals surface area contributed by atoms with E-state index in [1.54, 1.807) is 0 Å². The lowest BCUT2D eigenvalue weighted by atomic mass is 10.1. The van der Waals surface area contributed by atoms with Crippen molar-refractivity contribution in [2.45, 2.75) is 13.8 Å². The molecule has 1 N–H and O–H groups in total. The molecule has 62 valence electrons. The van der Waals surface area contributed by atoms with E-state index in [2.05, 4.69) is 30.2 Å². The highest BCUT2D eigenvalue weighted by molar-refractivity contribution is 5.98. The molecule has 0 fully saturated rings. The van der Waals surface area contributed by atoms with Crippen LogP contribution in [0, 0.1) is 5.92 Å². The average molecular weight is 152 g/mol. The average Bonchev–Trinajstić information content (AvgIpc) is 2.37. The number of aliphatic imine (C=N–C) groups is 1. The number of nitrogens with zero attached hydrogens (tertiary/aromatic N) is 1. The molecule has 0 spiro atoms. The third-order valence-electron chi connectivity index (χ3n) is 1.81. The van der Waals surface area contributed by atoms with Crippen molar-refractivity contribution in [2.75, 3.05) is 20.1 Å². The first-order valence-corrected chi connectivity index (χ1v) is 4.12. The molecule has 0 saturated heterocycles. The van der Waals surface area contributed by atoms with Crippen LogP contribution in [0.3, 0.4) is 0 Å². The molecule has 0 aromatic heterocycles. The zero-order valence-electron chi connectivity index (χ0n) is 7.52. The van der Waals surface area contributed by atoms with Crippen molar-refractivity contribution in [1.82, 2.24) is 5.32 Å². The minimum Gasteiger partial charge on any atom is -0.316 e. The summed E-state index contributed by atoms with van der Waals surface area (Å²) in [6.45, 7) is 6.23. The molecule has 0 amide bonds. The molecule has 2 nitrogen and oxygen atoms in total. The zero-order chi connectivity index (χ0) is 8.27. The Labute approximate surface area is 68.4 Å². The predicted molar refractivity (Wildman–Crippen MR) is 49.1 cm³/mol. The van der Waals surface area contributed by atoms with Crippen LogP contribution in [-0.2, 0) is 0 Å². The minimum absolute atomic E-state index is 0.573. The fourth-order valence-electron chi connectivity index (χ4n) is 1.18. The molecule has 0 bridgehead atoms. The van der Waals surface area contributed by atoms with Crippen LogP contribution in [0.4, 0.5) is 0 Å². The fraction of sp³-hybridized carbons (Fsp3) is 0.667. The standard InChI is InChI=1S/C9H16N2/c1-7(2)9-4-8(5-10-3)6-11-9/h4,7,10H,5-6H2,1-3H3. The second-order valence-electron chi connectivity index (χ2n) is 3.23. The van der Waals surface area contributed by atoms with Crippen LogP contribution in [0.1, 0.15) is 13.8 Å². The Morgan fingerprint density at radius 3 is 2.82 bits per heavy atom. The number of allylic oxidation sites excluding steroid dienone is 1. The Bertz CT molecular complexity index is 190. The van der Waals surface area contributed by atoms with Gasteiger partial charge in [-0.15, -0.1) is 0 Å². The Hall–Kier alpha value is -0.630. The molecule has 0 unspecified atom stereocenters. The number of hydrogen-bond acceptors (Lipinski definition) is 2. The van der Waals surface area contributed by atoms with Crippen LogP contribution >= 0.6 is 0 Å². The first-order valence-electron chi connectivity index (χ1n) is 4.12. The van der Waals surface area contributed by atoms with Gasteiger partial charge in [0.15, 0.2) is 0 Å². The SMILES string of the molecule is CNCC1=CC(C(C)C)=NC1. The molecule has 1 heterocycles. The highest BCUT2D eigenvalue weighted by Gasteiger charge is 2.09. The summed E-state index contributed by atoms with van der Waals surface area (Å²) in [5, 5.41) is 3.13. The van der Waals surface area contributed by atoms with E-state index in [1.165, 1.54) is 11.3 Å². The summed E-state index contributed by atoms with van der Waals surface area (Å²) in [4.78, 5) is 4.42. The van der Waals surface area contributed by atoms with Crippen LogP contribution < -0.4 is 5.32 Å². The van der Waals surface area contributed by atoms with E-state index in [-0.39, 0.29) is 0 Å². The van der Waals surface area contributed by atoms with Gasteiger partial charge in [-0.25, -0.2) is 0 Å². The highest BCUT2D eigenvalue weighted by atomic mass is 14.8. The smallest absolute Gasteiger partial charge is 0.0619 e. The lowest BCUT2D eigenvalue weighted by Crippen LogP contribution is -2.11. The van der Waals surface area contributed by atoms with E-state index in [4.69, 9.17) is 0 Å². The lowest BCUT2D eigenvalue weighted by molar-refractivity contribution is 0.864. The molecule has 0 atom stereocenters. The number of nitrogens with one attached hydrogen (secondary N) is 1. The molecule has 0 radical (unpaired) electrons. The summed E-state index contributed by atoms with van der Waals surface area (Å²) in [7, 11) is 1.97. The van der Waals surface area contributed by atoms with Crippen molar-refractivity contribution in [1.29, 1.82) is 0 Å². The lowest BCUT2D eigenvalue weighted by Gasteiger charge is -1.99. The van der Waals surface area contributed by atoms with Gasteiger partial charge in [0, 0.05) is 12.3 Å². The van der Waals surface area contributed by atoms with E-state index in [1.807, 2.05) is 7.05 Å². The Morgan fingerprint density at radius 2 is 2.36 bits per heavy atom. The Balaban J connectivity index is 2.49. The third kappa shape index (κ3) is 2.15. The maximum Gasteiger partial charge on any atom is 0.0619 e. The molecule has 2 heteroatoms. The molecule has 1 aliphatic rings. The first kappa shape index (κ1) is 8.47. The quantitative estimate of drug-likeness (QED) is 0.646. The predicted octanol–water partition coefficient (Wildman–Crippen LogP) is 1.24. The summed E-state index contributed by atoms with van der Waals surface area (Å²) in [5.74, 6) is 0.573. The molecule has 11 heavy (non-hydrogen) atoms. The maximum absolute atomic E-state index is 4.42. The van der Waals surface area contributed by atoms with Gasteiger partial charge in [-0.2, -0.15) is 0 Å². The molecule has 1 aliphatic heterocycles. The van der Waals surface area contributed by atoms with Gasteiger partial charge in [0.05, 0.1) is 6.54 Å². The van der Waals surface area contributed by atoms with Crippen LogP contribution in [-0.4, -0.2) is 25.8 Å². The van der Waals surface area contributed by atoms with E-state index >= 15 is 0 Å². The monoisotopic (exact) mass is 152 g/mol. The maximum atomic E-state index is 4.42. The van der Waals surface area contributed by atoms with Crippen LogP contribution in [0.5, 0.6) is 0 Å². The molecule has 0 aromatic carbocycles. The van der Waals surface area contributed by atoms with Gasteiger partial charge < -0.3 is 5.32 Å². The zero-order valence-corrected chi connectivity index (χ0v) is 7.52. The minimum atomic E-state index is 0.573. The summed E-state index contributed by atoms with van der Waals surface area (Å²) in [6.07, 6.45) is 2.21. The fourth-order valence-corrected chi connectivity index (χ4v) is 1.18. The topological polar surface area (TPSA) is 24.4 Å². The first-order chi connectivity index (χ1) is 5.24. The molecule has 0 saturated carbocycles. The van der Waals surface area contributed by atoms with Crippen molar-refractivity contribution >= 4 is 5.71 Å². The van der Waals surface area contributed by atoms with Crippen molar-refractivity contribution in [3.63, 3.8) is 0 Å². The van der Waals surface area contributed by atoms with Gasteiger partial charge >= 0.3 is 0 Å². The van der Waals surface area contributed by atoms with Crippen molar-refractivity contribution in [3.8, 4) is 0 Å². The molecular weight excluding hydrogens is 136 g/mol. The van der Waals surface area contributed by atoms with E-state index in [0.29, 0.717) is 5.92 Å². The van der Waals surface area contributed by atoms with E-state index in [0.717, 1.165) is 13.1 Å². The number of hydrogen-bond donors (Lipinski definition) is 1. The summed E-state index contributed by atoms with van der Waals surface area (Å²) in [6, 6.07) is 0. The summed E-state index contributed by atoms with van der Waals surface area (Å²) < 4.78 is 0. The van der Waals surface area contributed by atoms with Crippen LogP contribution in [0.25, 0.3) is 0 Å². The molecule has 0 aromatic rings. The molecule has 1 rings (SSSR count). The summed E-state index contributed by atoms with van der Waals surface area (Å²) >= 11 is 0. The van der Waals surface area contributed by atoms with Gasteiger partial charge in [0.25, 0.3) is 0 Å². The number of rotatable bonds is 3. The van der Waals surface area contributed by atoms with Gasteiger partial charge in [0.1, 0.15) is 0 Å². The highest BCUT2D eigenvalue weighted by Crippen LogP contribution is 2.10. The second-order valence-corrected chi connectivity index (χ2v) is 3.23. The Kier molecular flexibility index (Phi) is 2.83.